The molecule has 0 radical (unpaired) electrons. The molecule has 0 spiro atoms. The van der Waals surface area contributed by atoms with Crippen LogP contribution in [0.15, 0.2) is 171 Å². The maximum Gasteiger partial charge on any atom is 0.488 e. The Bertz CT molecular complexity index is 3520. The molecule has 75 heavy (non-hydrogen) atoms. The highest BCUT2D eigenvalue weighted by molar-refractivity contribution is 6.58. The van der Waals surface area contributed by atoms with Crippen molar-refractivity contribution in [3.63, 3.8) is 0 Å². The Morgan fingerprint density at radius 2 is 0.827 bits per heavy atom. The number of rotatable bonds is 9. The molecule has 5 aromatic carbocycles. The summed E-state index contributed by atoms with van der Waals surface area (Å²) in [6, 6.07) is 48.7. The molecule has 0 fully saturated rings. The number of halogens is 3. The predicted molar refractivity (Wildman–Crippen MR) is 304 cm³/mol. The Labute approximate surface area is 449 Å². The molecule has 0 saturated carbocycles. The number of nitrogens with two attached hydrogens (primary N) is 1. The lowest BCUT2D eigenvalue weighted by Gasteiger charge is -2.11. The zero-order valence-corrected chi connectivity index (χ0v) is 44.2. The molecule has 0 aliphatic rings. The van der Waals surface area contributed by atoms with Gasteiger partial charge in [0.2, 0.25) is 10.6 Å². The molecule has 0 bridgehead atoms. The first-order valence-electron chi connectivity index (χ1n) is 23.8. The van der Waals surface area contributed by atoms with E-state index < -0.39 is 7.12 Å². The molecule has 21 heteroatoms. The first-order chi connectivity index (χ1) is 36.2. The number of anilines is 5. The molecule has 17 nitrogen and oxygen atoms in total. The lowest BCUT2D eigenvalue weighted by atomic mass is 9.81. The van der Waals surface area contributed by atoms with Crippen LogP contribution in [0.3, 0.4) is 0 Å². The molecular formula is C54H55BCl3N15O2. The highest BCUT2D eigenvalue weighted by Gasteiger charge is 2.17. The van der Waals surface area contributed by atoms with Crippen LogP contribution in [0.2, 0.25) is 15.7 Å². The molecule has 0 aliphatic heterocycles. The summed E-state index contributed by atoms with van der Waals surface area (Å²) in [6.45, 7) is 12.4. The standard InChI is InChI=1S/C20H19N5.C14H14ClN5.C8H8Cl2N4.C6H7BO2.C6H7N/c1-14(2)25-13-21-17-19(22-16-11-7-4-8-12-16)23-18(24-20(17)25)15-9-5-3-6-10-15;1-9(2)20-8-16-11-12(18-14(15)19-13(11)20)17-10-6-4-3-5-7-10;1-4(2)14-3-11-5-6(9)12-8(10)13-7(5)14;8-7(9)6-4-2-1-3-5-6;7-6-4-2-1-3-5-6/h3-14H,1-2H3,(H,22,23,24);3-9H,1-2H3,(H,17,18,19);3-4H,1-2H3;1-5,8-9H;1-5H,7H2. The highest BCUT2D eigenvalue weighted by atomic mass is 35.5. The second-order valence-electron chi connectivity index (χ2n) is 17.3. The molecule has 6 N–H and O–H groups in total. The van der Waals surface area contributed by atoms with Gasteiger partial charge in [0.05, 0.1) is 19.0 Å². The Balaban J connectivity index is 0.000000146. The van der Waals surface area contributed by atoms with Gasteiger partial charge in [-0.1, -0.05) is 127 Å². The highest BCUT2D eigenvalue weighted by Crippen LogP contribution is 2.29. The lowest BCUT2D eigenvalue weighted by molar-refractivity contribution is 0.426. The number of fused-ring (bicyclic) bond motifs is 3. The summed E-state index contributed by atoms with van der Waals surface area (Å²) >= 11 is 17.6. The van der Waals surface area contributed by atoms with Crippen molar-refractivity contribution in [1.29, 1.82) is 0 Å². The van der Waals surface area contributed by atoms with Crippen molar-refractivity contribution in [2.24, 2.45) is 0 Å². The van der Waals surface area contributed by atoms with Crippen molar-refractivity contribution in [2.75, 3.05) is 16.4 Å². The monoisotopic (exact) mass is 1060 g/mol. The van der Waals surface area contributed by atoms with Gasteiger partial charge in [0, 0.05) is 40.8 Å². The molecule has 0 amide bonds. The molecule has 6 heterocycles. The van der Waals surface area contributed by atoms with Crippen LogP contribution in [0.25, 0.3) is 44.9 Å². The van der Waals surface area contributed by atoms with Crippen LogP contribution in [-0.4, -0.2) is 75.7 Å². The summed E-state index contributed by atoms with van der Waals surface area (Å²) < 4.78 is 5.94. The third-order valence-electron chi connectivity index (χ3n) is 10.8. The number of para-hydroxylation sites is 3. The molecule has 382 valence electrons. The van der Waals surface area contributed by atoms with Crippen molar-refractivity contribution in [2.45, 2.75) is 59.7 Å². The molecule has 0 saturated heterocycles. The summed E-state index contributed by atoms with van der Waals surface area (Å²) in [7, 11) is -1.34. The summed E-state index contributed by atoms with van der Waals surface area (Å²) in [4.78, 5) is 39.0. The normalized spacial score (nSPS) is 10.7. The molecule has 6 aromatic heterocycles. The van der Waals surface area contributed by atoms with Gasteiger partial charge in [0.1, 0.15) is 5.52 Å². The van der Waals surface area contributed by atoms with E-state index in [-0.39, 0.29) is 28.7 Å². The second-order valence-corrected chi connectivity index (χ2v) is 18.4. The number of nitrogens with one attached hydrogen (secondary N) is 2. The Morgan fingerprint density at radius 3 is 1.24 bits per heavy atom. The van der Waals surface area contributed by atoms with E-state index in [2.05, 4.69) is 77.8 Å². The number of imidazole rings is 3. The van der Waals surface area contributed by atoms with Crippen LogP contribution in [0, 0.1) is 0 Å². The number of hydrogen-bond donors (Lipinski definition) is 5. The fourth-order valence-electron chi connectivity index (χ4n) is 7.08. The summed E-state index contributed by atoms with van der Waals surface area (Å²) in [5.41, 5.74) is 13.9. The van der Waals surface area contributed by atoms with Crippen LogP contribution in [0.5, 0.6) is 0 Å². The first-order valence-corrected chi connectivity index (χ1v) is 24.9. The SMILES string of the molecule is CC(C)n1cnc2c(Cl)nc(Cl)nc21.CC(C)n1cnc2c(Nc3ccccc3)nc(-c3ccccc3)nc21.CC(C)n1cnc2c(Nc3ccccc3)nc(Cl)nc21.Nc1ccccc1.OB(O)c1ccccc1. The van der Waals surface area contributed by atoms with Crippen molar-refractivity contribution in [1.82, 2.24) is 58.6 Å². The number of nitrogen functional groups attached to an aromatic ring is 1. The Morgan fingerprint density at radius 1 is 0.453 bits per heavy atom. The largest absolute Gasteiger partial charge is 0.488 e. The van der Waals surface area contributed by atoms with Crippen molar-refractivity contribution in [3.05, 3.63) is 186 Å². The van der Waals surface area contributed by atoms with E-state index in [0.717, 1.165) is 45.3 Å². The fourth-order valence-corrected chi connectivity index (χ4v) is 7.67. The number of hydrogen-bond acceptors (Lipinski definition) is 14. The van der Waals surface area contributed by atoms with Crippen LogP contribution in [0.1, 0.15) is 59.7 Å². The van der Waals surface area contributed by atoms with Crippen LogP contribution in [0.4, 0.5) is 28.7 Å². The van der Waals surface area contributed by atoms with Gasteiger partial charge < -0.3 is 40.1 Å². The van der Waals surface area contributed by atoms with Crippen LogP contribution in [-0.2, 0) is 0 Å². The number of aromatic nitrogens is 12. The van der Waals surface area contributed by atoms with E-state index >= 15 is 0 Å². The van der Waals surface area contributed by atoms with Gasteiger partial charge in [-0.25, -0.2) is 29.9 Å². The van der Waals surface area contributed by atoms with Gasteiger partial charge in [0.15, 0.2) is 50.6 Å². The van der Waals surface area contributed by atoms with E-state index in [1.54, 1.807) is 36.9 Å². The molecule has 11 aromatic rings. The quantitative estimate of drug-likeness (QED) is 0.0393. The van der Waals surface area contributed by atoms with Gasteiger partial charge in [-0.2, -0.15) is 15.0 Å². The third kappa shape index (κ3) is 14.8. The van der Waals surface area contributed by atoms with Gasteiger partial charge in [-0.05, 0) is 107 Å². The zero-order chi connectivity index (χ0) is 53.4. The smallest absolute Gasteiger partial charge is 0.423 e. The second kappa shape index (κ2) is 26.3. The molecule has 11 rings (SSSR count). The summed E-state index contributed by atoms with van der Waals surface area (Å²) in [5.74, 6) is 2.02. The summed E-state index contributed by atoms with van der Waals surface area (Å²) in [6.07, 6.45) is 5.28. The van der Waals surface area contributed by atoms with E-state index in [1.165, 1.54) is 0 Å². The van der Waals surface area contributed by atoms with E-state index in [0.29, 0.717) is 38.9 Å². The number of nitrogens with zero attached hydrogens (tertiary/aromatic N) is 12. The topological polar surface area (TPSA) is 221 Å². The van der Waals surface area contributed by atoms with Crippen molar-refractivity contribution < 1.29 is 10.0 Å². The predicted octanol–water partition coefficient (Wildman–Crippen LogP) is 12.0. The lowest BCUT2D eigenvalue weighted by Crippen LogP contribution is -2.29. The van der Waals surface area contributed by atoms with Crippen LogP contribution < -0.4 is 21.8 Å². The van der Waals surface area contributed by atoms with Crippen LogP contribution >= 0.6 is 34.8 Å². The van der Waals surface area contributed by atoms with Gasteiger partial charge in [0.25, 0.3) is 0 Å². The average molecular weight is 1060 g/mol. The molecule has 0 unspecified atom stereocenters. The number of benzene rings is 5. The van der Waals surface area contributed by atoms with E-state index in [4.69, 9.17) is 60.6 Å². The van der Waals surface area contributed by atoms with Crippen molar-refractivity contribution in [3.8, 4) is 11.4 Å². The van der Waals surface area contributed by atoms with E-state index in [9.17, 15) is 0 Å². The average Bonchev–Trinajstić information content (AvgIpc) is 4.17. The molecular weight excluding hydrogens is 1010 g/mol. The minimum atomic E-state index is -1.34. The Hall–Kier alpha value is -8.00. The van der Waals surface area contributed by atoms with E-state index in [1.807, 2.05) is 157 Å². The van der Waals surface area contributed by atoms with Gasteiger partial charge in [-0.15, -0.1) is 0 Å². The minimum absolute atomic E-state index is 0.143. The first kappa shape index (κ1) is 54.8. The van der Waals surface area contributed by atoms with Crippen molar-refractivity contribution >= 4 is 110 Å². The zero-order valence-electron chi connectivity index (χ0n) is 41.9. The summed E-state index contributed by atoms with van der Waals surface area (Å²) in [5, 5.41) is 24.4. The maximum absolute atomic E-state index is 8.58. The maximum atomic E-state index is 8.58. The fraction of sp³-hybridized carbons (Fsp3) is 0.167. The van der Waals surface area contributed by atoms with Gasteiger partial charge >= 0.3 is 7.12 Å². The third-order valence-corrected chi connectivity index (χ3v) is 11.4. The Kier molecular flexibility index (Phi) is 19.2. The molecule has 0 aliphatic carbocycles. The van der Waals surface area contributed by atoms with Gasteiger partial charge in [-0.3, -0.25) is 0 Å². The molecule has 0 atom stereocenters. The minimum Gasteiger partial charge on any atom is -0.423 e.